The highest BCUT2D eigenvalue weighted by molar-refractivity contribution is 6.08. The molecule has 5 rings (SSSR count). The molecule has 0 saturated heterocycles. The summed E-state index contributed by atoms with van der Waals surface area (Å²) in [7, 11) is 1.34. The van der Waals surface area contributed by atoms with E-state index >= 15 is 0 Å². The van der Waals surface area contributed by atoms with Crippen LogP contribution in [-0.4, -0.2) is 22.9 Å². The smallest absolute Gasteiger partial charge is 0.358 e. The van der Waals surface area contributed by atoms with Crippen molar-refractivity contribution in [3.63, 3.8) is 0 Å². The number of carbonyl (C=O) groups is 1. The Labute approximate surface area is 178 Å². The maximum absolute atomic E-state index is 12.2. The molecule has 0 spiro atoms. The van der Waals surface area contributed by atoms with Gasteiger partial charge in [-0.15, -0.1) is 0 Å². The number of nitrogens with zero attached hydrogens (tertiary/aromatic N) is 3. The molecule has 0 aliphatic rings. The lowest BCUT2D eigenvalue weighted by atomic mass is 9.99. The van der Waals surface area contributed by atoms with Crippen molar-refractivity contribution in [3.05, 3.63) is 96.2 Å². The molecule has 148 valence electrons. The molecule has 0 unspecified atom stereocenters. The minimum Gasteiger partial charge on any atom is -0.464 e. The fourth-order valence-electron chi connectivity index (χ4n) is 3.84. The maximum Gasteiger partial charge on any atom is 0.358 e. The third-order valence-corrected chi connectivity index (χ3v) is 5.39. The third-order valence-electron chi connectivity index (χ3n) is 5.39. The number of rotatable bonds is 3. The van der Waals surface area contributed by atoms with Gasteiger partial charge in [-0.2, -0.15) is 10.4 Å². The topological polar surface area (TPSA) is 67.9 Å². The van der Waals surface area contributed by atoms with Crippen LogP contribution < -0.4 is 0 Å². The van der Waals surface area contributed by atoms with Crippen LogP contribution in [-0.2, 0) is 4.74 Å². The van der Waals surface area contributed by atoms with Crippen LogP contribution in [0.5, 0.6) is 0 Å². The summed E-state index contributed by atoms with van der Waals surface area (Å²) in [5.41, 5.74) is 3.22. The van der Waals surface area contributed by atoms with E-state index in [0.717, 1.165) is 22.3 Å². The molecule has 1 heterocycles. The van der Waals surface area contributed by atoms with E-state index < -0.39 is 5.97 Å². The van der Waals surface area contributed by atoms with Gasteiger partial charge in [0.2, 0.25) is 0 Å². The Morgan fingerprint density at radius 3 is 2.42 bits per heavy atom. The summed E-state index contributed by atoms with van der Waals surface area (Å²) in [5, 5.41) is 18.2. The molecule has 5 heteroatoms. The molecule has 0 bridgehead atoms. The van der Waals surface area contributed by atoms with Crippen LogP contribution in [0.3, 0.4) is 0 Å². The first-order chi connectivity index (χ1) is 15.2. The molecular weight excluding hydrogens is 386 g/mol. The largest absolute Gasteiger partial charge is 0.464 e. The highest BCUT2D eigenvalue weighted by Gasteiger charge is 2.17. The summed E-state index contributed by atoms with van der Waals surface area (Å²) >= 11 is 0. The second-order valence-electron chi connectivity index (χ2n) is 7.20. The van der Waals surface area contributed by atoms with Crippen LogP contribution in [0.25, 0.3) is 38.5 Å². The van der Waals surface area contributed by atoms with Crippen molar-refractivity contribution in [1.29, 1.82) is 5.26 Å². The fraction of sp³-hybridized carbons (Fsp3) is 0.0385. The molecule has 0 fully saturated rings. The highest BCUT2D eigenvalue weighted by atomic mass is 16.5. The zero-order chi connectivity index (χ0) is 21.4. The van der Waals surface area contributed by atoms with Crippen LogP contribution in [0.4, 0.5) is 0 Å². The van der Waals surface area contributed by atoms with Gasteiger partial charge in [-0.25, -0.2) is 9.48 Å². The second kappa shape index (κ2) is 7.43. The van der Waals surface area contributed by atoms with Gasteiger partial charge >= 0.3 is 5.97 Å². The maximum atomic E-state index is 12.2. The molecule has 5 aromatic rings. The Balaban J connectivity index is 1.70. The van der Waals surface area contributed by atoms with E-state index in [-0.39, 0.29) is 5.69 Å². The SMILES string of the molecule is COC(=O)c1cc(-c2ccc3c(ccc4ccccc43)c2)n(-c2ccc(C#N)cc2)n1. The molecular formula is C26H17N3O2. The normalized spacial score (nSPS) is 10.8. The van der Waals surface area contributed by atoms with Gasteiger partial charge in [0.05, 0.1) is 30.1 Å². The van der Waals surface area contributed by atoms with Crippen molar-refractivity contribution in [2.45, 2.75) is 0 Å². The first-order valence-electron chi connectivity index (χ1n) is 9.79. The zero-order valence-electron chi connectivity index (χ0n) is 16.7. The average molecular weight is 403 g/mol. The Morgan fingerprint density at radius 1 is 0.903 bits per heavy atom. The Morgan fingerprint density at radius 2 is 1.65 bits per heavy atom. The first kappa shape index (κ1) is 18.6. The first-order valence-corrected chi connectivity index (χ1v) is 9.79. The number of carbonyl (C=O) groups excluding carboxylic acids is 1. The Bertz CT molecular complexity index is 1490. The Kier molecular flexibility index (Phi) is 4.46. The van der Waals surface area contributed by atoms with Crippen LogP contribution in [0.1, 0.15) is 16.1 Å². The van der Waals surface area contributed by atoms with Gasteiger partial charge in [-0.1, -0.05) is 48.5 Å². The van der Waals surface area contributed by atoms with Gasteiger partial charge in [-0.3, -0.25) is 0 Å². The quantitative estimate of drug-likeness (QED) is 0.294. The van der Waals surface area contributed by atoms with Gasteiger partial charge in [0, 0.05) is 5.56 Å². The van der Waals surface area contributed by atoms with E-state index in [1.54, 1.807) is 22.9 Å². The van der Waals surface area contributed by atoms with E-state index in [4.69, 9.17) is 10.00 Å². The zero-order valence-corrected chi connectivity index (χ0v) is 16.7. The van der Waals surface area contributed by atoms with E-state index in [0.29, 0.717) is 5.56 Å². The van der Waals surface area contributed by atoms with Gasteiger partial charge in [0.15, 0.2) is 5.69 Å². The number of esters is 1. The molecule has 1 aromatic heterocycles. The standard InChI is InChI=1S/C26H17N3O2/c1-31-26(30)24-15-25(29(28-24)21-11-6-17(16-27)7-12-21)20-10-13-23-19(14-20)9-8-18-4-2-3-5-22(18)23/h2-15H,1H3. The monoisotopic (exact) mass is 403 g/mol. The molecule has 0 saturated carbocycles. The number of nitriles is 1. The summed E-state index contributed by atoms with van der Waals surface area (Å²) in [4.78, 5) is 12.2. The second-order valence-corrected chi connectivity index (χ2v) is 7.20. The van der Waals surface area contributed by atoms with Gasteiger partial charge in [0.1, 0.15) is 0 Å². The van der Waals surface area contributed by atoms with Crippen molar-refractivity contribution in [2.75, 3.05) is 7.11 Å². The average Bonchev–Trinajstić information content (AvgIpc) is 3.28. The highest BCUT2D eigenvalue weighted by Crippen LogP contribution is 2.31. The van der Waals surface area contributed by atoms with Gasteiger partial charge < -0.3 is 4.74 Å². The number of methoxy groups -OCH3 is 1. The van der Waals surface area contributed by atoms with Crippen molar-refractivity contribution in [1.82, 2.24) is 9.78 Å². The number of aromatic nitrogens is 2. The molecule has 5 nitrogen and oxygen atoms in total. The minimum atomic E-state index is -0.500. The molecule has 0 aliphatic carbocycles. The summed E-state index contributed by atoms with van der Waals surface area (Å²) in [6, 6.07) is 29.7. The van der Waals surface area contributed by atoms with Crippen molar-refractivity contribution >= 4 is 27.5 Å². The molecule has 0 N–H and O–H groups in total. The molecule has 31 heavy (non-hydrogen) atoms. The third kappa shape index (κ3) is 3.21. The van der Waals surface area contributed by atoms with Gasteiger partial charge in [0.25, 0.3) is 0 Å². The predicted molar refractivity (Wildman–Crippen MR) is 120 cm³/mol. The van der Waals surface area contributed by atoms with E-state index in [2.05, 4.69) is 47.6 Å². The van der Waals surface area contributed by atoms with Crippen LogP contribution in [0.2, 0.25) is 0 Å². The van der Waals surface area contributed by atoms with E-state index in [9.17, 15) is 4.79 Å². The lowest BCUT2D eigenvalue weighted by molar-refractivity contribution is 0.0593. The minimum absolute atomic E-state index is 0.223. The molecule has 0 amide bonds. The summed E-state index contributed by atoms with van der Waals surface area (Å²) in [6.07, 6.45) is 0. The molecule has 0 aliphatic heterocycles. The number of hydrogen-bond acceptors (Lipinski definition) is 4. The van der Waals surface area contributed by atoms with Crippen LogP contribution in [0, 0.1) is 11.3 Å². The molecule has 0 atom stereocenters. The number of ether oxygens (including phenoxy) is 1. The summed E-state index contributed by atoms with van der Waals surface area (Å²) in [6.45, 7) is 0. The Hall–Kier alpha value is -4.43. The van der Waals surface area contributed by atoms with E-state index in [1.807, 2.05) is 30.3 Å². The van der Waals surface area contributed by atoms with Crippen LogP contribution in [0.15, 0.2) is 84.9 Å². The lowest BCUT2D eigenvalue weighted by Crippen LogP contribution is -2.04. The van der Waals surface area contributed by atoms with Gasteiger partial charge in [-0.05, 0) is 57.9 Å². The van der Waals surface area contributed by atoms with Crippen molar-refractivity contribution in [3.8, 4) is 23.0 Å². The lowest BCUT2D eigenvalue weighted by Gasteiger charge is -2.10. The molecule has 0 radical (unpaired) electrons. The van der Waals surface area contributed by atoms with Crippen molar-refractivity contribution in [2.24, 2.45) is 0 Å². The van der Waals surface area contributed by atoms with Crippen LogP contribution >= 0.6 is 0 Å². The number of benzene rings is 4. The fourth-order valence-corrected chi connectivity index (χ4v) is 3.84. The predicted octanol–water partition coefficient (Wildman–Crippen LogP) is 5.50. The number of fused-ring (bicyclic) bond motifs is 3. The summed E-state index contributed by atoms with van der Waals surface area (Å²) < 4.78 is 6.58. The summed E-state index contributed by atoms with van der Waals surface area (Å²) in [5.74, 6) is -0.500. The van der Waals surface area contributed by atoms with Crippen molar-refractivity contribution < 1.29 is 9.53 Å². The molecule has 4 aromatic carbocycles. The van der Waals surface area contributed by atoms with E-state index in [1.165, 1.54) is 23.3 Å². The number of hydrogen-bond donors (Lipinski definition) is 0.